The van der Waals surface area contributed by atoms with Gasteiger partial charge < -0.3 is 10.2 Å². The normalized spacial score (nSPS) is 18.1. The van der Waals surface area contributed by atoms with Crippen molar-refractivity contribution in [3.05, 3.63) is 59.7 Å². The van der Waals surface area contributed by atoms with Gasteiger partial charge in [-0.25, -0.2) is 9.37 Å². The predicted octanol–water partition coefficient (Wildman–Crippen LogP) is 2.11. The third kappa shape index (κ3) is 4.90. The van der Waals surface area contributed by atoms with Gasteiger partial charge in [0.2, 0.25) is 5.91 Å². The first kappa shape index (κ1) is 19.3. The van der Waals surface area contributed by atoms with E-state index in [-0.39, 0.29) is 23.7 Å². The van der Waals surface area contributed by atoms with E-state index < -0.39 is 0 Å². The van der Waals surface area contributed by atoms with Crippen LogP contribution in [-0.2, 0) is 11.2 Å². The Morgan fingerprint density at radius 3 is 2.45 bits per heavy atom. The van der Waals surface area contributed by atoms with Crippen LogP contribution in [0.15, 0.2) is 42.6 Å². The fraction of sp³-hybridized carbons (Fsp3) is 0.409. The van der Waals surface area contributed by atoms with Gasteiger partial charge in [-0.05, 0) is 48.7 Å². The molecule has 1 aromatic carbocycles. The molecule has 1 aromatic heterocycles. The van der Waals surface area contributed by atoms with E-state index in [1.807, 2.05) is 18.2 Å². The molecule has 2 fully saturated rings. The molecule has 150 valence electrons. The van der Waals surface area contributed by atoms with Crippen LogP contribution in [0.3, 0.4) is 0 Å². The second-order valence-electron chi connectivity index (χ2n) is 7.91. The van der Waals surface area contributed by atoms with Crippen LogP contribution in [0.4, 0.5) is 10.1 Å². The summed E-state index contributed by atoms with van der Waals surface area (Å²) in [5.41, 5.74) is 2.10. The Kier molecular flexibility index (Phi) is 5.45. The monoisotopic (exact) mass is 393 g/mol. The van der Waals surface area contributed by atoms with Crippen molar-refractivity contribution in [1.82, 2.24) is 15.2 Å². The predicted molar refractivity (Wildman–Crippen MR) is 108 cm³/mol. The first-order valence-electron chi connectivity index (χ1n) is 9.94. The maximum absolute atomic E-state index is 13.1. The van der Waals surface area contributed by atoms with Gasteiger partial charge in [-0.2, -0.15) is 5.26 Å². The molecule has 1 saturated heterocycles. The lowest BCUT2D eigenvalue weighted by Crippen LogP contribution is -2.52. The number of carbonyl (C=O) groups excluding carboxylic acids is 1. The number of nitrogens with one attached hydrogen (secondary N) is 1. The maximum atomic E-state index is 13.1. The van der Waals surface area contributed by atoms with E-state index in [1.54, 1.807) is 18.3 Å². The minimum Gasteiger partial charge on any atom is -0.369 e. The molecular weight excluding hydrogens is 369 g/mol. The number of piperazine rings is 1. The van der Waals surface area contributed by atoms with Crippen molar-refractivity contribution in [3.8, 4) is 6.07 Å². The number of amides is 1. The summed E-state index contributed by atoms with van der Waals surface area (Å²) in [7, 11) is 0. The molecule has 1 aliphatic heterocycles. The maximum Gasteiger partial charge on any atom is 0.224 e. The van der Waals surface area contributed by atoms with E-state index in [0.717, 1.165) is 56.8 Å². The average molecular weight is 393 g/mol. The zero-order valence-corrected chi connectivity index (χ0v) is 16.3. The van der Waals surface area contributed by atoms with Crippen LogP contribution in [0.25, 0.3) is 0 Å². The molecule has 2 heterocycles. The van der Waals surface area contributed by atoms with E-state index in [2.05, 4.69) is 20.1 Å². The molecule has 2 aromatic rings. The van der Waals surface area contributed by atoms with Gasteiger partial charge >= 0.3 is 0 Å². The Morgan fingerprint density at radius 2 is 1.86 bits per heavy atom. The molecule has 0 unspecified atom stereocenters. The van der Waals surface area contributed by atoms with Crippen LogP contribution in [0.2, 0.25) is 0 Å². The van der Waals surface area contributed by atoms with E-state index in [4.69, 9.17) is 5.26 Å². The smallest absolute Gasteiger partial charge is 0.224 e. The number of carbonyl (C=O) groups is 1. The molecule has 0 radical (unpaired) electrons. The number of hydrogen-bond donors (Lipinski definition) is 1. The summed E-state index contributed by atoms with van der Waals surface area (Å²) in [5, 5.41) is 12.0. The SMILES string of the molecule is N#Cc1ccc(CC(=O)NC2(CN3CCN(c4ccc(F)cc4)CC3)CC2)cn1. The quantitative estimate of drug-likeness (QED) is 0.814. The lowest BCUT2D eigenvalue weighted by atomic mass is 10.1. The second-order valence-corrected chi connectivity index (χ2v) is 7.91. The second kappa shape index (κ2) is 8.18. The lowest BCUT2D eigenvalue weighted by Gasteiger charge is -2.38. The number of pyridine rings is 1. The van der Waals surface area contributed by atoms with Crippen molar-refractivity contribution in [2.24, 2.45) is 0 Å². The highest BCUT2D eigenvalue weighted by Gasteiger charge is 2.45. The van der Waals surface area contributed by atoms with Gasteiger partial charge in [0.25, 0.3) is 0 Å². The minimum absolute atomic E-state index is 0.000967. The van der Waals surface area contributed by atoms with E-state index >= 15 is 0 Å². The number of anilines is 1. The first-order chi connectivity index (χ1) is 14.0. The summed E-state index contributed by atoms with van der Waals surface area (Å²) in [6.07, 6.45) is 3.87. The Hall–Kier alpha value is -2.98. The number of halogens is 1. The molecule has 0 bridgehead atoms. The van der Waals surface area contributed by atoms with Crippen molar-refractivity contribution < 1.29 is 9.18 Å². The molecule has 2 aliphatic rings. The van der Waals surface area contributed by atoms with Crippen LogP contribution in [0, 0.1) is 17.1 Å². The van der Waals surface area contributed by atoms with Gasteiger partial charge in [0, 0.05) is 44.6 Å². The van der Waals surface area contributed by atoms with Crippen LogP contribution < -0.4 is 10.2 Å². The number of rotatable bonds is 6. The van der Waals surface area contributed by atoms with Gasteiger partial charge in [-0.1, -0.05) is 6.07 Å². The summed E-state index contributed by atoms with van der Waals surface area (Å²) in [4.78, 5) is 21.2. The van der Waals surface area contributed by atoms with E-state index in [0.29, 0.717) is 5.69 Å². The summed E-state index contributed by atoms with van der Waals surface area (Å²) in [6, 6.07) is 12.0. The summed E-state index contributed by atoms with van der Waals surface area (Å²) in [6.45, 7) is 4.50. The first-order valence-corrected chi connectivity index (χ1v) is 9.94. The third-order valence-corrected chi connectivity index (χ3v) is 5.65. The molecule has 4 rings (SSSR count). The van der Waals surface area contributed by atoms with Crippen LogP contribution in [-0.4, -0.2) is 54.1 Å². The highest BCUT2D eigenvalue weighted by molar-refractivity contribution is 5.79. The topological polar surface area (TPSA) is 72.3 Å². The van der Waals surface area contributed by atoms with Crippen molar-refractivity contribution in [1.29, 1.82) is 5.26 Å². The van der Waals surface area contributed by atoms with Crippen molar-refractivity contribution in [2.45, 2.75) is 24.8 Å². The molecule has 7 heteroatoms. The molecule has 1 amide bonds. The number of nitrogens with zero attached hydrogens (tertiary/aromatic N) is 4. The van der Waals surface area contributed by atoms with E-state index in [1.165, 1.54) is 12.1 Å². The van der Waals surface area contributed by atoms with Gasteiger partial charge in [0.1, 0.15) is 17.6 Å². The molecule has 6 nitrogen and oxygen atoms in total. The Labute approximate surface area is 170 Å². The van der Waals surface area contributed by atoms with Crippen LogP contribution in [0.1, 0.15) is 24.1 Å². The number of benzene rings is 1. The van der Waals surface area contributed by atoms with Gasteiger partial charge in [-0.15, -0.1) is 0 Å². The summed E-state index contributed by atoms with van der Waals surface area (Å²) in [5.74, 6) is -0.213. The molecular formula is C22H24FN5O. The zero-order valence-electron chi connectivity index (χ0n) is 16.3. The molecule has 1 aliphatic carbocycles. The Morgan fingerprint density at radius 1 is 1.14 bits per heavy atom. The minimum atomic E-state index is -0.212. The summed E-state index contributed by atoms with van der Waals surface area (Å²) < 4.78 is 13.1. The lowest BCUT2D eigenvalue weighted by molar-refractivity contribution is -0.121. The molecule has 29 heavy (non-hydrogen) atoms. The molecule has 0 atom stereocenters. The standard InChI is InChI=1S/C22H24FN5O/c23-18-2-5-20(6-3-18)28-11-9-27(10-12-28)16-22(7-8-22)26-21(29)13-17-1-4-19(14-24)25-15-17/h1-6,15H,7-13,16H2,(H,26,29). The van der Waals surface area contributed by atoms with Crippen molar-refractivity contribution >= 4 is 11.6 Å². The van der Waals surface area contributed by atoms with Crippen molar-refractivity contribution in [2.75, 3.05) is 37.6 Å². The number of nitriles is 1. The zero-order chi connectivity index (χ0) is 20.3. The Balaban J connectivity index is 1.25. The highest BCUT2D eigenvalue weighted by atomic mass is 19.1. The van der Waals surface area contributed by atoms with Gasteiger partial charge in [-0.3, -0.25) is 9.69 Å². The van der Waals surface area contributed by atoms with Crippen LogP contribution in [0.5, 0.6) is 0 Å². The molecule has 0 spiro atoms. The Bertz CT molecular complexity index is 894. The molecule has 1 N–H and O–H groups in total. The van der Waals surface area contributed by atoms with Gasteiger partial charge in [0.15, 0.2) is 0 Å². The highest BCUT2D eigenvalue weighted by Crippen LogP contribution is 2.36. The fourth-order valence-corrected chi connectivity index (χ4v) is 3.84. The molecule has 1 saturated carbocycles. The largest absolute Gasteiger partial charge is 0.369 e. The number of hydrogen-bond acceptors (Lipinski definition) is 5. The van der Waals surface area contributed by atoms with E-state index in [9.17, 15) is 9.18 Å². The van der Waals surface area contributed by atoms with Crippen LogP contribution >= 0.6 is 0 Å². The number of aromatic nitrogens is 1. The third-order valence-electron chi connectivity index (χ3n) is 5.65. The average Bonchev–Trinajstić information content (AvgIpc) is 3.48. The van der Waals surface area contributed by atoms with Crippen molar-refractivity contribution in [3.63, 3.8) is 0 Å². The van der Waals surface area contributed by atoms with Gasteiger partial charge in [0.05, 0.1) is 12.0 Å². The fourth-order valence-electron chi connectivity index (χ4n) is 3.84. The summed E-state index contributed by atoms with van der Waals surface area (Å²) >= 11 is 0.